The summed E-state index contributed by atoms with van der Waals surface area (Å²) in [5.41, 5.74) is -0.0177. The number of β-amino-alcohol motifs (C(OH)–C–C–N with tert-alkyl or cyclic N) is 1. The van der Waals surface area contributed by atoms with E-state index in [2.05, 4.69) is 0 Å². The maximum absolute atomic E-state index is 12.6. The number of aliphatic hydroxyl groups is 2. The zero-order chi connectivity index (χ0) is 15.7. The molecule has 114 valence electrons. The number of nitrogens with zero attached hydrogens (tertiary/aromatic N) is 1. The lowest BCUT2D eigenvalue weighted by Gasteiger charge is -2.23. The van der Waals surface area contributed by atoms with Gasteiger partial charge in [0, 0.05) is 6.54 Å². The van der Waals surface area contributed by atoms with Crippen molar-refractivity contribution in [1.29, 1.82) is 0 Å². The van der Waals surface area contributed by atoms with Crippen molar-refractivity contribution in [3.8, 4) is 0 Å². The molecule has 3 heterocycles. The number of amides is 1. The van der Waals surface area contributed by atoms with E-state index in [1.54, 1.807) is 29.6 Å². The number of carbonyl (C=O) groups is 2. The average molecular weight is 319 g/mol. The van der Waals surface area contributed by atoms with E-state index in [0.29, 0.717) is 10.6 Å². The fourth-order valence-electron chi connectivity index (χ4n) is 2.51. The highest BCUT2D eigenvalue weighted by Gasteiger charge is 2.45. The smallest absolute Gasteiger partial charge is 0.290 e. The van der Waals surface area contributed by atoms with Crippen molar-refractivity contribution < 1.29 is 24.2 Å². The Morgan fingerprint density at radius 2 is 2.18 bits per heavy atom. The molecule has 7 heteroatoms. The van der Waals surface area contributed by atoms with Gasteiger partial charge in [-0.25, -0.2) is 0 Å². The first-order valence-electron chi connectivity index (χ1n) is 6.61. The van der Waals surface area contributed by atoms with Gasteiger partial charge in [0.2, 0.25) is 5.78 Å². The highest BCUT2D eigenvalue weighted by molar-refractivity contribution is 7.12. The van der Waals surface area contributed by atoms with Gasteiger partial charge in [0.1, 0.15) is 11.8 Å². The summed E-state index contributed by atoms with van der Waals surface area (Å²) in [6, 6.07) is 5.79. The summed E-state index contributed by atoms with van der Waals surface area (Å²) in [4.78, 5) is 26.5. The maximum Gasteiger partial charge on any atom is 0.290 e. The number of furan rings is 1. The van der Waals surface area contributed by atoms with Crippen LogP contribution in [0, 0.1) is 0 Å². The molecule has 3 rings (SSSR count). The second-order valence-electron chi connectivity index (χ2n) is 4.71. The Labute approximate surface area is 129 Å². The summed E-state index contributed by atoms with van der Waals surface area (Å²) < 4.78 is 5.32. The van der Waals surface area contributed by atoms with Gasteiger partial charge in [-0.2, -0.15) is 0 Å². The van der Waals surface area contributed by atoms with Crippen molar-refractivity contribution in [1.82, 2.24) is 4.90 Å². The number of carbonyl (C=O) groups excluding carboxylic acids is 2. The van der Waals surface area contributed by atoms with Crippen LogP contribution in [-0.2, 0) is 4.79 Å². The van der Waals surface area contributed by atoms with Crippen molar-refractivity contribution in [2.24, 2.45) is 0 Å². The predicted molar refractivity (Wildman–Crippen MR) is 78.6 cm³/mol. The molecule has 22 heavy (non-hydrogen) atoms. The van der Waals surface area contributed by atoms with Crippen molar-refractivity contribution in [3.05, 3.63) is 57.9 Å². The highest BCUT2D eigenvalue weighted by atomic mass is 32.1. The molecule has 1 unspecified atom stereocenters. The molecule has 1 amide bonds. The van der Waals surface area contributed by atoms with Gasteiger partial charge in [-0.05, 0) is 23.6 Å². The first kappa shape index (κ1) is 14.6. The minimum absolute atomic E-state index is 0.00448. The number of hydrogen-bond donors (Lipinski definition) is 2. The van der Waals surface area contributed by atoms with E-state index >= 15 is 0 Å². The van der Waals surface area contributed by atoms with Gasteiger partial charge < -0.3 is 19.5 Å². The van der Waals surface area contributed by atoms with Crippen molar-refractivity contribution in [3.63, 3.8) is 0 Å². The molecule has 1 aliphatic rings. The quantitative estimate of drug-likeness (QED) is 0.822. The van der Waals surface area contributed by atoms with Crippen LogP contribution in [0.4, 0.5) is 0 Å². The molecule has 0 saturated heterocycles. The second-order valence-corrected chi connectivity index (χ2v) is 5.66. The molecule has 0 aromatic carbocycles. The van der Waals surface area contributed by atoms with Gasteiger partial charge in [-0.1, -0.05) is 6.07 Å². The van der Waals surface area contributed by atoms with E-state index in [4.69, 9.17) is 9.52 Å². The second kappa shape index (κ2) is 5.78. The summed E-state index contributed by atoms with van der Waals surface area (Å²) in [5, 5.41) is 21.0. The molecule has 1 aliphatic heterocycles. The van der Waals surface area contributed by atoms with E-state index in [-0.39, 0.29) is 18.7 Å². The van der Waals surface area contributed by atoms with Gasteiger partial charge in [-0.3, -0.25) is 9.59 Å². The summed E-state index contributed by atoms with van der Waals surface area (Å²) in [6.45, 7) is -0.286. The zero-order valence-corrected chi connectivity index (χ0v) is 12.2. The predicted octanol–water partition coefficient (Wildman–Crippen LogP) is 1.91. The van der Waals surface area contributed by atoms with Gasteiger partial charge in [0.15, 0.2) is 5.76 Å². The molecule has 0 saturated carbocycles. The van der Waals surface area contributed by atoms with Crippen LogP contribution in [0.2, 0.25) is 0 Å². The fourth-order valence-corrected chi connectivity index (χ4v) is 3.18. The lowest BCUT2D eigenvalue weighted by Crippen LogP contribution is -2.33. The van der Waals surface area contributed by atoms with E-state index in [0.717, 1.165) is 0 Å². The largest absolute Gasteiger partial charge is 0.503 e. The van der Waals surface area contributed by atoms with E-state index in [9.17, 15) is 14.7 Å². The number of aliphatic hydroxyl groups excluding tert-OH is 2. The Hall–Kier alpha value is -2.38. The number of thiophene rings is 1. The van der Waals surface area contributed by atoms with Gasteiger partial charge in [0.05, 0.1) is 23.3 Å². The molecule has 0 aliphatic carbocycles. The molecule has 0 radical (unpaired) electrons. The van der Waals surface area contributed by atoms with Crippen LogP contribution in [0.5, 0.6) is 0 Å². The van der Waals surface area contributed by atoms with Crippen LogP contribution in [0.15, 0.2) is 51.7 Å². The third-order valence-electron chi connectivity index (χ3n) is 3.45. The topological polar surface area (TPSA) is 91.0 Å². The first-order valence-corrected chi connectivity index (χ1v) is 7.49. The SMILES string of the molecule is O=C(C1=C(O)C(=O)N(CCO)C1c1ccco1)c1cccs1. The third kappa shape index (κ3) is 2.24. The molecule has 1 atom stereocenters. The lowest BCUT2D eigenvalue weighted by molar-refractivity contribution is -0.130. The summed E-state index contributed by atoms with van der Waals surface area (Å²) in [5.74, 6) is -1.32. The lowest BCUT2D eigenvalue weighted by atomic mass is 10.0. The molecular weight excluding hydrogens is 306 g/mol. The molecular formula is C15H13NO5S. The van der Waals surface area contributed by atoms with Crippen LogP contribution < -0.4 is 0 Å². The van der Waals surface area contributed by atoms with Gasteiger partial charge >= 0.3 is 0 Å². The van der Waals surface area contributed by atoms with Crippen LogP contribution in [0.1, 0.15) is 21.5 Å². The molecule has 0 bridgehead atoms. The molecule has 0 fully saturated rings. The number of Topliss-reactive ketones (excluding diaryl/α,β-unsaturated/α-hetero) is 1. The molecule has 2 aromatic rings. The summed E-state index contributed by atoms with van der Waals surface area (Å²) in [7, 11) is 0. The summed E-state index contributed by atoms with van der Waals surface area (Å²) in [6.07, 6.45) is 1.43. The van der Waals surface area contributed by atoms with E-state index < -0.39 is 23.5 Å². The maximum atomic E-state index is 12.6. The van der Waals surface area contributed by atoms with Gasteiger partial charge in [0.25, 0.3) is 5.91 Å². The standard InChI is InChI=1S/C15H13NO5S/c17-6-5-16-12(9-3-1-7-21-9)11(14(19)15(16)20)13(18)10-4-2-8-22-10/h1-4,7-8,12,17,19H,5-6H2. The molecule has 2 N–H and O–H groups in total. The third-order valence-corrected chi connectivity index (χ3v) is 4.32. The van der Waals surface area contributed by atoms with E-state index in [1.165, 1.54) is 22.5 Å². The average Bonchev–Trinajstić information content (AvgIpc) is 3.24. The van der Waals surface area contributed by atoms with Crippen LogP contribution >= 0.6 is 11.3 Å². The number of ketones is 1. The minimum atomic E-state index is -0.829. The molecule has 6 nitrogen and oxygen atoms in total. The Morgan fingerprint density at radius 1 is 1.36 bits per heavy atom. The minimum Gasteiger partial charge on any atom is -0.503 e. The monoisotopic (exact) mass is 319 g/mol. The highest BCUT2D eigenvalue weighted by Crippen LogP contribution is 2.39. The Bertz CT molecular complexity index is 717. The van der Waals surface area contributed by atoms with E-state index in [1.807, 2.05) is 0 Å². The van der Waals surface area contributed by atoms with Crippen LogP contribution in [-0.4, -0.2) is 40.0 Å². The summed E-state index contributed by atoms with van der Waals surface area (Å²) >= 11 is 1.23. The normalized spacial score (nSPS) is 18.3. The Kier molecular flexibility index (Phi) is 3.82. The number of rotatable bonds is 5. The Balaban J connectivity index is 2.08. The fraction of sp³-hybridized carbons (Fsp3) is 0.200. The van der Waals surface area contributed by atoms with Crippen LogP contribution in [0.3, 0.4) is 0 Å². The number of hydrogen-bond acceptors (Lipinski definition) is 6. The zero-order valence-electron chi connectivity index (χ0n) is 11.4. The van der Waals surface area contributed by atoms with Crippen LogP contribution in [0.25, 0.3) is 0 Å². The van der Waals surface area contributed by atoms with Crippen molar-refractivity contribution in [2.45, 2.75) is 6.04 Å². The van der Waals surface area contributed by atoms with Crippen molar-refractivity contribution >= 4 is 23.0 Å². The van der Waals surface area contributed by atoms with Gasteiger partial charge in [-0.15, -0.1) is 11.3 Å². The van der Waals surface area contributed by atoms with Crippen molar-refractivity contribution in [2.75, 3.05) is 13.2 Å². The molecule has 0 spiro atoms. The first-order chi connectivity index (χ1) is 10.6. The Morgan fingerprint density at radius 3 is 2.77 bits per heavy atom. The molecule has 2 aromatic heterocycles.